The van der Waals surface area contributed by atoms with Crippen LogP contribution in [-0.2, 0) is 16.1 Å². The number of thioether (sulfide) groups is 1. The fourth-order valence-electron chi connectivity index (χ4n) is 4.53. The van der Waals surface area contributed by atoms with Crippen molar-refractivity contribution in [2.24, 2.45) is 0 Å². The van der Waals surface area contributed by atoms with E-state index in [9.17, 15) is 9.59 Å². The van der Waals surface area contributed by atoms with E-state index < -0.39 is 0 Å². The Hall–Kier alpha value is -3.41. The van der Waals surface area contributed by atoms with Gasteiger partial charge in [-0.3, -0.25) is 18.9 Å². The van der Waals surface area contributed by atoms with E-state index in [1.807, 2.05) is 37.3 Å². The van der Waals surface area contributed by atoms with Gasteiger partial charge in [0.2, 0.25) is 6.79 Å². The molecule has 0 spiro atoms. The predicted molar refractivity (Wildman–Crippen MR) is 145 cm³/mol. The van der Waals surface area contributed by atoms with Crippen molar-refractivity contribution in [3.8, 4) is 11.5 Å². The number of amides is 1. The molecule has 3 aliphatic rings. The molecule has 3 aliphatic heterocycles. The van der Waals surface area contributed by atoms with E-state index in [2.05, 4.69) is 5.32 Å². The second-order valence-corrected chi connectivity index (χ2v) is 10.8. The summed E-state index contributed by atoms with van der Waals surface area (Å²) >= 11 is 6.71. The van der Waals surface area contributed by atoms with Crippen molar-refractivity contribution >= 4 is 51.7 Å². The lowest BCUT2D eigenvalue weighted by Gasteiger charge is -2.15. The molecule has 6 rings (SSSR count). The van der Waals surface area contributed by atoms with Crippen molar-refractivity contribution in [3.05, 3.63) is 68.5 Å². The number of carbonyl (C=O) groups is 1. The Kier molecular flexibility index (Phi) is 6.35. The molecule has 5 heterocycles. The number of pyridine rings is 1. The number of benzene rings is 1. The molecule has 9 nitrogen and oxygen atoms in total. The monoisotopic (exact) mass is 536 g/mol. The number of aromatic nitrogens is 2. The number of aryl methyl sites for hydroxylation is 1. The lowest BCUT2D eigenvalue weighted by Crippen LogP contribution is -2.27. The van der Waals surface area contributed by atoms with Crippen LogP contribution in [0.15, 0.2) is 46.2 Å². The Morgan fingerprint density at radius 2 is 2.08 bits per heavy atom. The van der Waals surface area contributed by atoms with Crippen molar-refractivity contribution in [1.29, 1.82) is 0 Å². The molecule has 1 atom stereocenters. The van der Waals surface area contributed by atoms with Gasteiger partial charge in [0.25, 0.3) is 11.5 Å². The first-order chi connectivity index (χ1) is 18.0. The minimum absolute atomic E-state index is 0.0611. The number of hydrogen-bond donors (Lipinski definition) is 1. The van der Waals surface area contributed by atoms with Crippen LogP contribution in [0.1, 0.15) is 29.5 Å². The van der Waals surface area contributed by atoms with Crippen molar-refractivity contribution in [2.45, 2.75) is 32.4 Å². The van der Waals surface area contributed by atoms with Crippen LogP contribution in [0.2, 0.25) is 0 Å². The summed E-state index contributed by atoms with van der Waals surface area (Å²) in [4.78, 5) is 33.6. The number of ether oxygens (including phenoxy) is 3. The van der Waals surface area contributed by atoms with Crippen LogP contribution in [0.4, 0.5) is 5.82 Å². The van der Waals surface area contributed by atoms with Gasteiger partial charge in [0.1, 0.15) is 15.8 Å². The Morgan fingerprint density at radius 3 is 2.92 bits per heavy atom. The van der Waals surface area contributed by atoms with E-state index in [0.717, 1.165) is 30.6 Å². The maximum Gasteiger partial charge on any atom is 0.267 e. The number of carbonyl (C=O) groups excluding carboxylic acids is 1. The van der Waals surface area contributed by atoms with E-state index in [1.165, 1.54) is 21.1 Å². The van der Waals surface area contributed by atoms with Crippen LogP contribution in [-0.4, -0.2) is 50.6 Å². The lowest BCUT2D eigenvalue weighted by molar-refractivity contribution is -0.122. The van der Waals surface area contributed by atoms with Gasteiger partial charge in [-0.15, -0.1) is 0 Å². The van der Waals surface area contributed by atoms with Gasteiger partial charge in [0.05, 0.1) is 23.1 Å². The molecular formula is C26H24N4O5S2. The summed E-state index contributed by atoms with van der Waals surface area (Å²) in [5.74, 6) is 1.49. The van der Waals surface area contributed by atoms with E-state index in [1.54, 1.807) is 12.3 Å². The fourth-order valence-corrected chi connectivity index (χ4v) is 5.77. The third kappa shape index (κ3) is 4.70. The summed E-state index contributed by atoms with van der Waals surface area (Å²) in [6.07, 6.45) is 5.37. The van der Waals surface area contributed by atoms with Gasteiger partial charge in [0.15, 0.2) is 11.5 Å². The Bertz CT molecular complexity index is 1510. The van der Waals surface area contributed by atoms with Crippen LogP contribution in [0.25, 0.3) is 11.7 Å². The van der Waals surface area contributed by atoms with Gasteiger partial charge < -0.3 is 19.5 Å². The Morgan fingerprint density at radius 1 is 1.22 bits per heavy atom. The first-order valence-electron chi connectivity index (χ1n) is 12.0. The summed E-state index contributed by atoms with van der Waals surface area (Å²) in [5.41, 5.74) is 2.37. The fraction of sp³-hybridized carbons (Fsp3) is 0.308. The first kappa shape index (κ1) is 24.0. The zero-order valence-electron chi connectivity index (χ0n) is 20.1. The van der Waals surface area contributed by atoms with E-state index >= 15 is 0 Å². The number of thiocarbonyl (C=S) groups is 1. The topological polar surface area (TPSA) is 94.4 Å². The molecule has 0 bridgehead atoms. The van der Waals surface area contributed by atoms with Gasteiger partial charge in [-0.05, 0) is 55.2 Å². The first-order valence-corrected chi connectivity index (χ1v) is 13.2. The van der Waals surface area contributed by atoms with Gasteiger partial charge in [-0.2, -0.15) is 0 Å². The molecule has 0 radical (unpaired) electrons. The summed E-state index contributed by atoms with van der Waals surface area (Å²) in [6, 6.07) is 9.26. The van der Waals surface area contributed by atoms with Crippen LogP contribution in [0.3, 0.4) is 0 Å². The molecule has 2 saturated heterocycles. The number of hydrogen-bond acceptors (Lipinski definition) is 9. The molecule has 0 saturated carbocycles. The van der Waals surface area contributed by atoms with Crippen LogP contribution in [0.5, 0.6) is 11.5 Å². The van der Waals surface area contributed by atoms with Gasteiger partial charge >= 0.3 is 0 Å². The summed E-state index contributed by atoms with van der Waals surface area (Å²) < 4.78 is 18.5. The zero-order chi connectivity index (χ0) is 25.5. The van der Waals surface area contributed by atoms with Crippen LogP contribution < -0.4 is 20.3 Å². The van der Waals surface area contributed by atoms with Crippen molar-refractivity contribution in [2.75, 3.05) is 25.3 Å². The SMILES string of the molecule is Cc1ccc2nc(NCC3CCCO3)c(C=C3SC(=S)N(Cc4ccc5c(c4)OCO5)C3=O)c(=O)n2c1. The lowest BCUT2D eigenvalue weighted by atomic mass is 10.2. The summed E-state index contributed by atoms with van der Waals surface area (Å²) in [6.45, 7) is 3.65. The second-order valence-electron chi connectivity index (χ2n) is 9.09. The van der Waals surface area contributed by atoms with Gasteiger partial charge in [-0.25, -0.2) is 4.98 Å². The molecule has 3 aromatic rings. The van der Waals surface area contributed by atoms with Crippen molar-refractivity contribution < 1.29 is 19.0 Å². The molecule has 1 unspecified atom stereocenters. The van der Waals surface area contributed by atoms with Gasteiger partial charge in [-0.1, -0.05) is 36.1 Å². The van der Waals surface area contributed by atoms with Crippen molar-refractivity contribution in [3.63, 3.8) is 0 Å². The molecule has 1 aromatic carbocycles. The van der Waals surface area contributed by atoms with E-state index in [-0.39, 0.29) is 30.9 Å². The molecule has 2 aromatic heterocycles. The molecule has 1 amide bonds. The average Bonchev–Trinajstić information content (AvgIpc) is 3.63. The maximum atomic E-state index is 13.6. The molecular weight excluding hydrogens is 512 g/mol. The third-order valence-electron chi connectivity index (χ3n) is 6.45. The van der Waals surface area contributed by atoms with Crippen LogP contribution in [0, 0.1) is 6.92 Å². The number of rotatable bonds is 6. The number of fused-ring (bicyclic) bond motifs is 2. The normalized spacial score (nSPS) is 20.0. The highest BCUT2D eigenvalue weighted by Crippen LogP contribution is 2.36. The Labute approximate surface area is 222 Å². The number of anilines is 1. The second kappa shape index (κ2) is 9.81. The summed E-state index contributed by atoms with van der Waals surface area (Å²) in [7, 11) is 0. The molecule has 0 aliphatic carbocycles. The third-order valence-corrected chi connectivity index (χ3v) is 7.83. The Balaban J connectivity index is 1.33. The van der Waals surface area contributed by atoms with Gasteiger partial charge in [0, 0.05) is 19.3 Å². The smallest absolute Gasteiger partial charge is 0.267 e. The van der Waals surface area contributed by atoms with Crippen molar-refractivity contribution in [1.82, 2.24) is 14.3 Å². The standard InChI is InChI=1S/C26H24N4O5S2/c1-15-4-7-22-28-23(27-11-17-3-2-8-33-17)18(24(31)29(22)12-15)10-21-25(32)30(26(36)37-21)13-16-5-6-19-20(9-16)35-14-34-19/h4-7,9-10,12,17,27H,2-3,8,11,13-14H2,1H3. The molecule has 190 valence electrons. The summed E-state index contributed by atoms with van der Waals surface area (Å²) in [5, 5.41) is 3.29. The highest BCUT2D eigenvalue weighted by atomic mass is 32.2. The molecule has 1 N–H and O–H groups in total. The average molecular weight is 537 g/mol. The maximum absolute atomic E-state index is 13.6. The minimum Gasteiger partial charge on any atom is -0.454 e. The highest BCUT2D eigenvalue weighted by Gasteiger charge is 2.33. The molecule has 11 heteroatoms. The molecule has 37 heavy (non-hydrogen) atoms. The minimum atomic E-state index is -0.260. The number of nitrogens with one attached hydrogen (secondary N) is 1. The zero-order valence-corrected chi connectivity index (χ0v) is 21.7. The largest absolute Gasteiger partial charge is 0.454 e. The highest BCUT2D eigenvalue weighted by molar-refractivity contribution is 8.26. The predicted octanol–water partition coefficient (Wildman–Crippen LogP) is 3.72. The van der Waals surface area contributed by atoms with E-state index in [4.69, 9.17) is 31.4 Å². The molecule has 2 fully saturated rings. The van der Waals surface area contributed by atoms with Crippen LogP contribution >= 0.6 is 24.0 Å². The van der Waals surface area contributed by atoms with E-state index in [0.29, 0.717) is 44.3 Å². The number of nitrogens with zero attached hydrogens (tertiary/aromatic N) is 3. The quantitative estimate of drug-likeness (QED) is 0.374.